The van der Waals surface area contributed by atoms with Crippen molar-refractivity contribution in [1.29, 1.82) is 0 Å². The third-order valence-corrected chi connectivity index (χ3v) is 5.53. The topological polar surface area (TPSA) is 41.3 Å². The molecule has 0 aromatic rings. The Morgan fingerprint density at radius 2 is 1.78 bits per heavy atom. The third kappa shape index (κ3) is 3.25. The van der Waals surface area contributed by atoms with Gasteiger partial charge in [-0.3, -0.25) is 11.3 Å². The molecule has 108 valence electrons. The summed E-state index contributed by atoms with van der Waals surface area (Å²) in [6.45, 7) is 6.92. The number of hydrogen-bond donors (Lipinski definition) is 2. The van der Waals surface area contributed by atoms with E-state index in [1.165, 1.54) is 32.1 Å². The van der Waals surface area contributed by atoms with Crippen molar-refractivity contribution in [3.05, 3.63) is 0 Å². The van der Waals surface area contributed by atoms with Crippen molar-refractivity contribution in [3.8, 4) is 0 Å². The predicted octanol–water partition coefficient (Wildman–Crippen LogP) is 2.77. The fourth-order valence-corrected chi connectivity index (χ4v) is 3.57. The van der Waals surface area contributed by atoms with Crippen LogP contribution in [0.25, 0.3) is 0 Å². The van der Waals surface area contributed by atoms with Gasteiger partial charge >= 0.3 is 0 Å². The van der Waals surface area contributed by atoms with Gasteiger partial charge < -0.3 is 4.90 Å². The molecule has 0 bridgehead atoms. The van der Waals surface area contributed by atoms with Gasteiger partial charge in [-0.1, -0.05) is 33.1 Å². The monoisotopic (exact) mass is 255 g/mol. The summed E-state index contributed by atoms with van der Waals surface area (Å²) in [6.07, 6.45) is 7.89. The number of nitrogens with one attached hydrogen (secondary N) is 1. The fourth-order valence-electron chi connectivity index (χ4n) is 3.57. The molecule has 0 saturated heterocycles. The lowest BCUT2D eigenvalue weighted by molar-refractivity contribution is 0.0612. The van der Waals surface area contributed by atoms with Gasteiger partial charge in [-0.05, 0) is 52.1 Å². The van der Waals surface area contributed by atoms with Gasteiger partial charge in [0.2, 0.25) is 0 Å². The third-order valence-electron chi connectivity index (χ3n) is 5.53. The van der Waals surface area contributed by atoms with Crippen LogP contribution in [-0.4, -0.2) is 30.6 Å². The van der Waals surface area contributed by atoms with Gasteiger partial charge in [0.05, 0.1) is 0 Å². The van der Waals surface area contributed by atoms with Crippen molar-refractivity contribution in [2.24, 2.45) is 17.7 Å². The van der Waals surface area contributed by atoms with Gasteiger partial charge in [0.25, 0.3) is 0 Å². The van der Waals surface area contributed by atoms with E-state index in [0.29, 0.717) is 6.04 Å². The van der Waals surface area contributed by atoms with Crippen LogP contribution in [0.4, 0.5) is 0 Å². The molecule has 0 amide bonds. The number of hydrazine groups is 1. The molecule has 1 aliphatic rings. The zero-order valence-corrected chi connectivity index (χ0v) is 13.0. The molecule has 0 aromatic carbocycles. The van der Waals surface area contributed by atoms with E-state index in [4.69, 9.17) is 5.84 Å². The van der Waals surface area contributed by atoms with Gasteiger partial charge in [-0.25, -0.2) is 0 Å². The molecule has 0 radical (unpaired) electrons. The molecule has 0 aliphatic heterocycles. The standard InChI is InChI=1S/C15H33N3/c1-6-12-8-10-13(11-9-12)14(17-16)15(3,7-2)18(4)5/h12-14,17H,6-11,16H2,1-5H3. The summed E-state index contributed by atoms with van der Waals surface area (Å²) < 4.78 is 0. The Morgan fingerprint density at radius 1 is 1.22 bits per heavy atom. The Balaban J connectivity index is 2.72. The Morgan fingerprint density at radius 3 is 2.11 bits per heavy atom. The molecule has 1 rings (SSSR count). The van der Waals surface area contributed by atoms with E-state index < -0.39 is 0 Å². The SMILES string of the molecule is CCC1CCC(C(NN)C(C)(CC)N(C)C)CC1. The number of nitrogens with zero attached hydrogens (tertiary/aromatic N) is 1. The smallest absolute Gasteiger partial charge is 0.0419 e. The van der Waals surface area contributed by atoms with Crippen LogP contribution in [0.1, 0.15) is 59.3 Å². The molecular weight excluding hydrogens is 222 g/mol. The lowest BCUT2D eigenvalue weighted by Crippen LogP contribution is -2.62. The largest absolute Gasteiger partial charge is 0.302 e. The fraction of sp³-hybridized carbons (Fsp3) is 1.00. The summed E-state index contributed by atoms with van der Waals surface area (Å²) in [5.41, 5.74) is 3.29. The molecule has 0 aromatic heterocycles. The van der Waals surface area contributed by atoms with Crippen LogP contribution in [0.3, 0.4) is 0 Å². The van der Waals surface area contributed by atoms with Crippen LogP contribution < -0.4 is 11.3 Å². The predicted molar refractivity (Wildman–Crippen MR) is 79.2 cm³/mol. The number of nitrogens with two attached hydrogens (primary N) is 1. The summed E-state index contributed by atoms with van der Waals surface area (Å²) in [7, 11) is 4.34. The molecule has 0 heterocycles. The van der Waals surface area contributed by atoms with Crippen LogP contribution in [0, 0.1) is 11.8 Å². The maximum atomic E-state index is 5.89. The number of rotatable bonds is 6. The summed E-state index contributed by atoms with van der Waals surface area (Å²) in [6, 6.07) is 0.398. The summed E-state index contributed by atoms with van der Waals surface area (Å²) in [4.78, 5) is 2.34. The molecule has 1 fully saturated rings. The van der Waals surface area contributed by atoms with Crippen LogP contribution >= 0.6 is 0 Å². The maximum Gasteiger partial charge on any atom is 0.0419 e. The van der Waals surface area contributed by atoms with Crippen molar-refractivity contribution in [3.63, 3.8) is 0 Å². The zero-order chi connectivity index (χ0) is 13.8. The van der Waals surface area contributed by atoms with E-state index >= 15 is 0 Å². The van der Waals surface area contributed by atoms with Crippen LogP contribution in [0.5, 0.6) is 0 Å². The minimum absolute atomic E-state index is 0.151. The molecular formula is C15H33N3. The van der Waals surface area contributed by atoms with Gasteiger partial charge in [0, 0.05) is 11.6 Å². The van der Waals surface area contributed by atoms with E-state index in [0.717, 1.165) is 18.3 Å². The summed E-state index contributed by atoms with van der Waals surface area (Å²) in [5.74, 6) is 7.57. The Kier molecular flexibility index (Phi) is 6.09. The minimum Gasteiger partial charge on any atom is -0.302 e. The van der Waals surface area contributed by atoms with Crippen LogP contribution in [0.15, 0.2) is 0 Å². The normalized spacial score (nSPS) is 30.2. The van der Waals surface area contributed by atoms with Crippen molar-refractivity contribution >= 4 is 0 Å². The summed E-state index contributed by atoms with van der Waals surface area (Å²) in [5, 5.41) is 0. The second kappa shape index (κ2) is 6.88. The van der Waals surface area contributed by atoms with Gasteiger partial charge in [0.1, 0.15) is 0 Å². The van der Waals surface area contributed by atoms with E-state index in [1.807, 2.05) is 0 Å². The van der Waals surface area contributed by atoms with E-state index in [1.54, 1.807) is 0 Å². The first-order valence-corrected chi connectivity index (χ1v) is 7.63. The molecule has 1 aliphatic carbocycles. The van der Waals surface area contributed by atoms with Crippen LogP contribution in [0.2, 0.25) is 0 Å². The second-order valence-electron chi connectivity index (χ2n) is 6.44. The second-order valence-corrected chi connectivity index (χ2v) is 6.44. The Hall–Kier alpha value is -0.120. The van der Waals surface area contributed by atoms with Crippen molar-refractivity contribution in [2.75, 3.05) is 14.1 Å². The minimum atomic E-state index is 0.151. The first-order chi connectivity index (χ1) is 8.49. The lowest BCUT2D eigenvalue weighted by atomic mass is 9.71. The molecule has 3 N–H and O–H groups in total. The first-order valence-electron chi connectivity index (χ1n) is 7.63. The average molecular weight is 255 g/mol. The van der Waals surface area contributed by atoms with Crippen molar-refractivity contribution in [1.82, 2.24) is 10.3 Å². The maximum absolute atomic E-state index is 5.89. The first kappa shape index (κ1) is 15.9. The van der Waals surface area contributed by atoms with Gasteiger partial charge in [-0.15, -0.1) is 0 Å². The summed E-state index contributed by atoms with van der Waals surface area (Å²) >= 11 is 0. The zero-order valence-electron chi connectivity index (χ0n) is 13.0. The lowest BCUT2D eigenvalue weighted by Gasteiger charge is -2.47. The number of hydrogen-bond acceptors (Lipinski definition) is 3. The quantitative estimate of drug-likeness (QED) is 0.566. The Labute approximate surface area is 113 Å². The highest BCUT2D eigenvalue weighted by Crippen LogP contribution is 2.37. The highest BCUT2D eigenvalue weighted by Gasteiger charge is 2.40. The molecule has 2 unspecified atom stereocenters. The molecule has 0 spiro atoms. The molecule has 3 nitrogen and oxygen atoms in total. The molecule has 1 saturated carbocycles. The van der Waals surface area contributed by atoms with E-state index in [-0.39, 0.29) is 5.54 Å². The van der Waals surface area contributed by atoms with Gasteiger partial charge in [0.15, 0.2) is 0 Å². The highest BCUT2D eigenvalue weighted by atomic mass is 15.3. The molecule has 18 heavy (non-hydrogen) atoms. The van der Waals surface area contributed by atoms with Gasteiger partial charge in [-0.2, -0.15) is 0 Å². The van der Waals surface area contributed by atoms with Crippen molar-refractivity contribution in [2.45, 2.75) is 70.9 Å². The molecule has 2 atom stereocenters. The highest BCUT2D eigenvalue weighted by molar-refractivity contribution is 4.98. The number of likely N-dealkylation sites (N-methyl/N-ethyl adjacent to an activating group) is 1. The van der Waals surface area contributed by atoms with E-state index in [9.17, 15) is 0 Å². The van der Waals surface area contributed by atoms with E-state index in [2.05, 4.69) is 45.2 Å². The van der Waals surface area contributed by atoms with Crippen molar-refractivity contribution < 1.29 is 0 Å². The molecule has 3 heteroatoms. The Bertz CT molecular complexity index is 234. The van der Waals surface area contributed by atoms with Crippen LogP contribution in [-0.2, 0) is 0 Å². The average Bonchev–Trinajstić information content (AvgIpc) is 2.39.